The number of carbonyl (C=O) groups excluding carboxylic acids is 1. The predicted molar refractivity (Wildman–Crippen MR) is 91.1 cm³/mol. The van der Waals surface area contributed by atoms with Gasteiger partial charge in [-0.3, -0.25) is 0 Å². The van der Waals surface area contributed by atoms with E-state index in [9.17, 15) is 9.18 Å². The van der Waals surface area contributed by atoms with Crippen LogP contribution in [0, 0.1) is 5.82 Å². The first-order valence-electron chi connectivity index (χ1n) is 8.18. The molecule has 7 heteroatoms. The molecule has 0 spiro atoms. The molecule has 1 N–H and O–H groups in total. The van der Waals surface area contributed by atoms with Gasteiger partial charge < -0.3 is 19.7 Å². The summed E-state index contributed by atoms with van der Waals surface area (Å²) in [5.41, 5.74) is 1.37. The van der Waals surface area contributed by atoms with Crippen molar-refractivity contribution in [2.75, 3.05) is 31.6 Å². The molecule has 0 radical (unpaired) electrons. The zero-order chi connectivity index (χ0) is 17.6. The Labute approximate surface area is 145 Å². The molecule has 1 aliphatic heterocycles. The van der Waals surface area contributed by atoms with Crippen molar-refractivity contribution in [1.29, 1.82) is 0 Å². The van der Waals surface area contributed by atoms with E-state index >= 15 is 0 Å². The summed E-state index contributed by atoms with van der Waals surface area (Å²) in [6.45, 7) is 3.61. The number of aromatic nitrogens is 1. The van der Waals surface area contributed by atoms with E-state index in [1.807, 2.05) is 6.92 Å². The van der Waals surface area contributed by atoms with Gasteiger partial charge in [0, 0.05) is 12.7 Å². The van der Waals surface area contributed by atoms with Gasteiger partial charge in [-0.25, -0.2) is 14.2 Å². The lowest BCUT2D eigenvalue weighted by molar-refractivity contribution is -0.0135. The maximum absolute atomic E-state index is 13.1. The fourth-order valence-electron chi connectivity index (χ4n) is 2.64. The molecule has 0 bridgehead atoms. The zero-order valence-corrected chi connectivity index (χ0v) is 13.9. The van der Waals surface area contributed by atoms with Crippen LogP contribution in [0.1, 0.15) is 18.6 Å². The number of carbonyl (C=O) groups is 1. The van der Waals surface area contributed by atoms with E-state index in [2.05, 4.69) is 10.3 Å². The summed E-state index contributed by atoms with van der Waals surface area (Å²) >= 11 is 0. The first-order valence-corrected chi connectivity index (χ1v) is 8.18. The number of nitrogens with one attached hydrogen (secondary N) is 1. The van der Waals surface area contributed by atoms with Crippen LogP contribution >= 0.6 is 0 Å². The van der Waals surface area contributed by atoms with Crippen molar-refractivity contribution < 1.29 is 18.7 Å². The molecular formula is C18H20FN3O3. The molecule has 1 aliphatic rings. The third-order valence-electron chi connectivity index (χ3n) is 3.89. The van der Waals surface area contributed by atoms with Crippen molar-refractivity contribution in [2.45, 2.75) is 13.0 Å². The molecule has 6 nitrogen and oxygen atoms in total. The second kappa shape index (κ2) is 7.94. The summed E-state index contributed by atoms with van der Waals surface area (Å²) in [5.74, 6) is 0.0934. The third kappa shape index (κ3) is 4.24. The van der Waals surface area contributed by atoms with Gasteiger partial charge in [0.1, 0.15) is 17.6 Å². The van der Waals surface area contributed by atoms with Gasteiger partial charge in [0.2, 0.25) is 5.88 Å². The summed E-state index contributed by atoms with van der Waals surface area (Å²) in [4.78, 5) is 18.4. The normalized spacial score (nSPS) is 17.2. The molecule has 2 heterocycles. The monoisotopic (exact) mass is 345 g/mol. The number of benzene rings is 1. The molecule has 1 atom stereocenters. The summed E-state index contributed by atoms with van der Waals surface area (Å²) in [6, 6.07) is 9.37. The van der Waals surface area contributed by atoms with Crippen LogP contribution in [0.15, 0.2) is 42.6 Å². The van der Waals surface area contributed by atoms with E-state index in [0.717, 1.165) is 5.56 Å². The van der Waals surface area contributed by atoms with Gasteiger partial charge in [-0.15, -0.1) is 0 Å². The Morgan fingerprint density at radius 3 is 2.96 bits per heavy atom. The molecule has 1 fully saturated rings. The van der Waals surface area contributed by atoms with E-state index in [4.69, 9.17) is 9.47 Å². The van der Waals surface area contributed by atoms with Crippen molar-refractivity contribution in [1.82, 2.24) is 9.88 Å². The topological polar surface area (TPSA) is 63.7 Å². The number of nitrogens with zero attached hydrogens (tertiary/aromatic N) is 2. The minimum absolute atomic E-state index is 0.246. The number of pyridine rings is 1. The Bertz CT molecular complexity index is 724. The van der Waals surface area contributed by atoms with Gasteiger partial charge in [0.15, 0.2) is 0 Å². The number of urea groups is 1. The standard InChI is InChI=1S/C18H20FN3O3/c1-2-24-17-15(4-3-9-20-17)21-18(23)22-10-11-25-16(12-22)13-5-7-14(19)8-6-13/h3-9,16H,2,10-12H2,1H3,(H,21,23). The number of halogens is 1. The number of hydrogen-bond donors (Lipinski definition) is 1. The Morgan fingerprint density at radius 1 is 1.40 bits per heavy atom. The van der Waals surface area contributed by atoms with Crippen LogP contribution in [0.25, 0.3) is 0 Å². The number of rotatable bonds is 4. The molecule has 1 aromatic heterocycles. The van der Waals surface area contributed by atoms with Gasteiger partial charge in [-0.1, -0.05) is 12.1 Å². The first-order chi connectivity index (χ1) is 12.2. The van der Waals surface area contributed by atoms with Gasteiger partial charge >= 0.3 is 6.03 Å². The number of morpholine rings is 1. The van der Waals surface area contributed by atoms with Crippen LogP contribution in [0.4, 0.5) is 14.9 Å². The second-order valence-electron chi connectivity index (χ2n) is 5.58. The number of anilines is 1. The van der Waals surface area contributed by atoms with Crippen molar-refractivity contribution in [3.63, 3.8) is 0 Å². The Kier molecular flexibility index (Phi) is 5.45. The van der Waals surface area contributed by atoms with E-state index in [1.165, 1.54) is 12.1 Å². The van der Waals surface area contributed by atoms with Crippen molar-refractivity contribution in [2.24, 2.45) is 0 Å². The Balaban J connectivity index is 1.67. The van der Waals surface area contributed by atoms with Gasteiger partial charge in [-0.2, -0.15) is 0 Å². The molecule has 3 rings (SSSR count). The minimum Gasteiger partial charge on any atom is -0.476 e. The molecular weight excluding hydrogens is 325 g/mol. The van der Waals surface area contributed by atoms with Crippen LogP contribution in [-0.2, 0) is 4.74 Å². The smallest absolute Gasteiger partial charge is 0.322 e. The second-order valence-corrected chi connectivity index (χ2v) is 5.58. The fraction of sp³-hybridized carbons (Fsp3) is 0.333. The average molecular weight is 345 g/mol. The highest BCUT2D eigenvalue weighted by Crippen LogP contribution is 2.25. The average Bonchev–Trinajstić information content (AvgIpc) is 2.64. The van der Waals surface area contributed by atoms with Crippen LogP contribution in [0.2, 0.25) is 0 Å². The molecule has 1 aromatic carbocycles. The minimum atomic E-state index is -0.297. The fourth-order valence-corrected chi connectivity index (χ4v) is 2.64. The maximum Gasteiger partial charge on any atom is 0.322 e. The summed E-state index contributed by atoms with van der Waals surface area (Å²) in [6.07, 6.45) is 1.33. The first kappa shape index (κ1) is 17.2. The summed E-state index contributed by atoms with van der Waals surface area (Å²) in [5, 5.41) is 2.83. The molecule has 2 amide bonds. The Morgan fingerprint density at radius 2 is 2.20 bits per heavy atom. The lowest BCUT2D eigenvalue weighted by atomic mass is 10.1. The number of ether oxygens (including phenoxy) is 2. The highest BCUT2D eigenvalue weighted by Gasteiger charge is 2.26. The van der Waals surface area contributed by atoms with E-state index < -0.39 is 0 Å². The molecule has 25 heavy (non-hydrogen) atoms. The molecule has 1 unspecified atom stereocenters. The lowest BCUT2D eigenvalue weighted by Crippen LogP contribution is -2.44. The van der Waals surface area contributed by atoms with Gasteiger partial charge in [0.25, 0.3) is 0 Å². The summed E-state index contributed by atoms with van der Waals surface area (Å²) in [7, 11) is 0. The predicted octanol–water partition coefficient (Wildman–Crippen LogP) is 3.22. The van der Waals surface area contributed by atoms with Crippen LogP contribution in [-0.4, -0.2) is 42.2 Å². The van der Waals surface area contributed by atoms with Crippen molar-refractivity contribution in [3.8, 4) is 5.88 Å². The van der Waals surface area contributed by atoms with Crippen molar-refractivity contribution >= 4 is 11.7 Å². The third-order valence-corrected chi connectivity index (χ3v) is 3.89. The molecule has 1 saturated heterocycles. The summed E-state index contributed by atoms with van der Waals surface area (Å²) < 4.78 is 24.2. The molecule has 0 aliphatic carbocycles. The lowest BCUT2D eigenvalue weighted by Gasteiger charge is -2.33. The van der Waals surface area contributed by atoms with Crippen molar-refractivity contribution in [3.05, 3.63) is 54.0 Å². The van der Waals surface area contributed by atoms with Gasteiger partial charge in [0.05, 0.1) is 19.8 Å². The maximum atomic E-state index is 13.1. The number of hydrogen-bond acceptors (Lipinski definition) is 4. The zero-order valence-electron chi connectivity index (χ0n) is 13.9. The largest absolute Gasteiger partial charge is 0.476 e. The van der Waals surface area contributed by atoms with E-state index in [1.54, 1.807) is 35.4 Å². The van der Waals surface area contributed by atoms with E-state index in [0.29, 0.717) is 37.9 Å². The van der Waals surface area contributed by atoms with Crippen LogP contribution in [0.5, 0.6) is 5.88 Å². The van der Waals surface area contributed by atoms with Crippen LogP contribution < -0.4 is 10.1 Å². The van der Waals surface area contributed by atoms with Gasteiger partial charge in [-0.05, 0) is 36.8 Å². The van der Waals surface area contributed by atoms with Crippen LogP contribution in [0.3, 0.4) is 0 Å². The van der Waals surface area contributed by atoms with E-state index in [-0.39, 0.29) is 18.0 Å². The highest BCUT2D eigenvalue weighted by molar-refractivity contribution is 5.90. The molecule has 0 saturated carbocycles. The highest BCUT2D eigenvalue weighted by atomic mass is 19.1. The molecule has 132 valence electrons. The Hall–Kier alpha value is -2.67. The quantitative estimate of drug-likeness (QED) is 0.924. The SMILES string of the molecule is CCOc1ncccc1NC(=O)N1CCOC(c2ccc(F)cc2)C1. The molecule has 2 aromatic rings. The number of amides is 2.